The second-order valence-corrected chi connectivity index (χ2v) is 6.12. The van der Waals surface area contributed by atoms with E-state index < -0.39 is 0 Å². The maximum atomic E-state index is 5.79. The molecule has 1 aliphatic rings. The van der Waals surface area contributed by atoms with Gasteiger partial charge in [-0.1, -0.05) is 27.7 Å². The Hall–Kier alpha value is -0.120. The largest absolute Gasteiger partial charge is 0.372 e. The van der Waals surface area contributed by atoms with Crippen molar-refractivity contribution >= 4 is 0 Å². The van der Waals surface area contributed by atoms with Crippen LogP contribution in [0.3, 0.4) is 0 Å². The molecule has 0 aromatic rings. The van der Waals surface area contributed by atoms with Crippen LogP contribution in [0, 0.1) is 11.3 Å². The first-order valence-electron chi connectivity index (χ1n) is 6.49. The second kappa shape index (κ2) is 5.99. The fraction of sp³-hybridized carbons (Fsp3) is 1.00. The van der Waals surface area contributed by atoms with Crippen LogP contribution in [-0.2, 0) is 4.74 Å². The summed E-state index contributed by atoms with van der Waals surface area (Å²) in [6, 6.07) is 0. The summed E-state index contributed by atoms with van der Waals surface area (Å²) in [7, 11) is 0. The lowest BCUT2D eigenvalue weighted by molar-refractivity contribution is 0.0492. The van der Waals surface area contributed by atoms with E-state index >= 15 is 0 Å². The molecule has 3 unspecified atom stereocenters. The molecule has 1 fully saturated rings. The molecule has 3 N–H and O–H groups in total. The standard InChI is InChI=1S/C13H28N2O/c1-10(13(2,3)4)8-15-9-12-6-5-11(7-14)16-12/h10-12,15H,5-9,14H2,1-4H3. The Morgan fingerprint density at radius 3 is 2.44 bits per heavy atom. The number of hydrogen-bond donors (Lipinski definition) is 2. The van der Waals surface area contributed by atoms with Gasteiger partial charge in [0, 0.05) is 13.1 Å². The van der Waals surface area contributed by atoms with Crippen LogP contribution in [0.25, 0.3) is 0 Å². The number of nitrogens with one attached hydrogen (secondary N) is 1. The van der Waals surface area contributed by atoms with Crippen LogP contribution in [0.2, 0.25) is 0 Å². The molecule has 3 nitrogen and oxygen atoms in total. The molecular formula is C13H28N2O. The number of hydrogen-bond acceptors (Lipinski definition) is 3. The molecule has 0 radical (unpaired) electrons. The molecule has 0 bridgehead atoms. The van der Waals surface area contributed by atoms with Crippen molar-refractivity contribution in [3.63, 3.8) is 0 Å². The van der Waals surface area contributed by atoms with Crippen LogP contribution < -0.4 is 11.1 Å². The summed E-state index contributed by atoms with van der Waals surface area (Å²) < 4.78 is 5.79. The Bertz CT molecular complexity index is 201. The molecule has 96 valence electrons. The molecule has 0 aromatic heterocycles. The van der Waals surface area contributed by atoms with Gasteiger partial charge in [0.2, 0.25) is 0 Å². The highest BCUT2D eigenvalue weighted by Gasteiger charge is 2.24. The summed E-state index contributed by atoms with van der Waals surface area (Å²) in [4.78, 5) is 0. The van der Waals surface area contributed by atoms with Crippen molar-refractivity contribution in [1.82, 2.24) is 5.32 Å². The van der Waals surface area contributed by atoms with E-state index in [4.69, 9.17) is 10.5 Å². The van der Waals surface area contributed by atoms with Gasteiger partial charge in [-0.3, -0.25) is 0 Å². The van der Waals surface area contributed by atoms with Gasteiger partial charge in [-0.15, -0.1) is 0 Å². The normalized spacial score (nSPS) is 28.3. The monoisotopic (exact) mass is 228 g/mol. The first kappa shape index (κ1) is 13.9. The predicted octanol–water partition coefficient (Wildman–Crippen LogP) is 1.76. The quantitative estimate of drug-likeness (QED) is 0.754. The van der Waals surface area contributed by atoms with Gasteiger partial charge in [0.1, 0.15) is 0 Å². The van der Waals surface area contributed by atoms with Crippen LogP contribution >= 0.6 is 0 Å². The third kappa shape index (κ3) is 4.40. The highest BCUT2D eigenvalue weighted by atomic mass is 16.5. The van der Waals surface area contributed by atoms with E-state index in [1.807, 2.05) is 0 Å². The van der Waals surface area contributed by atoms with Crippen LogP contribution in [0.5, 0.6) is 0 Å². The predicted molar refractivity (Wildman–Crippen MR) is 68.4 cm³/mol. The molecule has 1 rings (SSSR count). The SMILES string of the molecule is CC(CNCC1CCC(CN)O1)C(C)(C)C. The van der Waals surface area contributed by atoms with E-state index in [0.717, 1.165) is 25.9 Å². The average Bonchev–Trinajstić information content (AvgIpc) is 2.64. The van der Waals surface area contributed by atoms with Crippen LogP contribution in [0.1, 0.15) is 40.5 Å². The van der Waals surface area contributed by atoms with Crippen LogP contribution in [0.15, 0.2) is 0 Å². The lowest BCUT2D eigenvalue weighted by atomic mass is 9.82. The summed E-state index contributed by atoms with van der Waals surface area (Å²) in [5.41, 5.74) is 5.96. The third-order valence-electron chi connectivity index (χ3n) is 3.76. The number of ether oxygens (including phenoxy) is 1. The van der Waals surface area contributed by atoms with E-state index in [1.54, 1.807) is 0 Å². The van der Waals surface area contributed by atoms with Gasteiger partial charge in [-0.2, -0.15) is 0 Å². The van der Waals surface area contributed by atoms with Gasteiger partial charge in [-0.25, -0.2) is 0 Å². The van der Waals surface area contributed by atoms with Crippen molar-refractivity contribution in [2.24, 2.45) is 17.1 Å². The summed E-state index contributed by atoms with van der Waals surface area (Å²) in [6.07, 6.45) is 2.95. The number of nitrogens with two attached hydrogens (primary N) is 1. The lowest BCUT2D eigenvalue weighted by Crippen LogP contribution is -2.35. The smallest absolute Gasteiger partial charge is 0.0704 e. The maximum absolute atomic E-state index is 5.79. The second-order valence-electron chi connectivity index (χ2n) is 6.12. The van der Waals surface area contributed by atoms with Gasteiger partial charge in [-0.05, 0) is 30.7 Å². The summed E-state index contributed by atoms with van der Waals surface area (Å²) in [5.74, 6) is 0.680. The van der Waals surface area contributed by atoms with Gasteiger partial charge in [0.15, 0.2) is 0 Å². The van der Waals surface area contributed by atoms with Gasteiger partial charge >= 0.3 is 0 Å². The molecule has 3 heteroatoms. The van der Waals surface area contributed by atoms with E-state index in [0.29, 0.717) is 30.1 Å². The summed E-state index contributed by atoms with van der Waals surface area (Å²) in [6.45, 7) is 11.9. The third-order valence-corrected chi connectivity index (χ3v) is 3.76. The molecule has 0 amide bonds. The molecule has 0 aliphatic carbocycles. The van der Waals surface area contributed by atoms with Crippen molar-refractivity contribution < 1.29 is 4.74 Å². The van der Waals surface area contributed by atoms with Crippen molar-refractivity contribution in [2.45, 2.75) is 52.7 Å². The van der Waals surface area contributed by atoms with E-state index in [9.17, 15) is 0 Å². The van der Waals surface area contributed by atoms with E-state index in [2.05, 4.69) is 33.0 Å². The minimum atomic E-state index is 0.298. The molecule has 1 aliphatic heterocycles. The van der Waals surface area contributed by atoms with Crippen molar-refractivity contribution in [2.75, 3.05) is 19.6 Å². The van der Waals surface area contributed by atoms with Crippen LogP contribution in [0.4, 0.5) is 0 Å². The zero-order chi connectivity index (χ0) is 12.2. The van der Waals surface area contributed by atoms with E-state index in [1.165, 1.54) is 0 Å². The number of rotatable bonds is 5. The highest BCUT2D eigenvalue weighted by molar-refractivity contribution is 4.77. The average molecular weight is 228 g/mol. The fourth-order valence-electron chi connectivity index (χ4n) is 1.87. The van der Waals surface area contributed by atoms with Crippen molar-refractivity contribution in [1.29, 1.82) is 0 Å². The topological polar surface area (TPSA) is 47.3 Å². The highest BCUT2D eigenvalue weighted by Crippen LogP contribution is 2.24. The van der Waals surface area contributed by atoms with Crippen molar-refractivity contribution in [3.8, 4) is 0 Å². The first-order chi connectivity index (χ1) is 7.43. The first-order valence-corrected chi connectivity index (χ1v) is 6.49. The Kier molecular flexibility index (Phi) is 5.22. The Morgan fingerprint density at radius 2 is 1.94 bits per heavy atom. The molecule has 1 saturated heterocycles. The zero-order valence-corrected chi connectivity index (χ0v) is 11.3. The molecule has 0 saturated carbocycles. The molecular weight excluding hydrogens is 200 g/mol. The minimum Gasteiger partial charge on any atom is -0.372 e. The van der Waals surface area contributed by atoms with Crippen LogP contribution in [-0.4, -0.2) is 31.8 Å². The Labute approximate surface area is 100 Å². The molecule has 0 aromatic carbocycles. The summed E-state index contributed by atoms with van der Waals surface area (Å²) >= 11 is 0. The minimum absolute atomic E-state index is 0.298. The Balaban J connectivity index is 2.12. The van der Waals surface area contributed by atoms with Gasteiger partial charge < -0.3 is 15.8 Å². The van der Waals surface area contributed by atoms with E-state index in [-0.39, 0.29) is 0 Å². The van der Waals surface area contributed by atoms with Crippen molar-refractivity contribution in [3.05, 3.63) is 0 Å². The fourth-order valence-corrected chi connectivity index (χ4v) is 1.87. The Morgan fingerprint density at radius 1 is 1.31 bits per heavy atom. The van der Waals surface area contributed by atoms with Gasteiger partial charge in [0.25, 0.3) is 0 Å². The molecule has 1 heterocycles. The lowest BCUT2D eigenvalue weighted by Gasteiger charge is -2.28. The summed E-state index contributed by atoms with van der Waals surface area (Å²) in [5, 5.41) is 3.51. The maximum Gasteiger partial charge on any atom is 0.0704 e. The molecule has 16 heavy (non-hydrogen) atoms. The van der Waals surface area contributed by atoms with Gasteiger partial charge in [0.05, 0.1) is 12.2 Å². The molecule has 3 atom stereocenters. The molecule has 0 spiro atoms. The zero-order valence-electron chi connectivity index (χ0n) is 11.3.